The maximum Gasteiger partial charge on any atom is 0.218 e. The summed E-state index contributed by atoms with van der Waals surface area (Å²) in [5.74, 6) is 0.343. The Morgan fingerprint density at radius 2 is 1.86 bits per heavy atom. The van der Waals surface area contributed by atoms with Crippen molar-refractivity contribution in [3.05, 3.63) is 52.8 Å². The van der Waals surface area contributed by atoms with Crippen molar-refractivity contribution >= 4 is 25.5 Å². The van der Waals surface area contributed by atoms with Gasteiger partial charge in [-0.25, -0.2) is 4.98 Å². The molecule has 0 bridgehead atoms. The van der Waals surface area contributed by atoms with Crippen LogP contribution in [0.25, 0.3) is 0 Å². The van der Waals surface area contributed by atoms with Crippen LogP contribution in [0.3, 0.4) is 0 Å². The Kier molecular flexibility index (Phi) is 8.44. The first-order valence-electron chi connectivity index (χ1n) is 8.93. The van der Waals surface area contributed by atoms with E-state index < -0.39 is 8.07 Å². The quantitative estimate of drug-likeness (QED) is 0.227. The predicted molar refractivity (Wildman–Crippen MR) is 111 cm³/mol. The van der Waals surface area contributed by atoms with Crippen molar-refractivity contribution in [2.75, 3.05) is 27.3 Å². The van der Waals surface area contributed by atoms with Gasteiger partial charge in [-0.1, -0.05) is 31.2 Å². The number of nitrogens with zero attached hydrogens (tertiary/aromatic N) is 1. The molecule has 1 heterocycles. The molecule has 1 aromatic heterocycles. The molecule has 8 heteroatoms. The maximum absolute atomic E-state index is 13.0. The third kappa shape index (κ3) is 6.90. The van der Waals surface area contributed by atoms with E-state index in [0.717, 1.165) is 6.04 Å². The van der Waals surface area contributed by atoms with E-state index in [1.165, 1.54) is 13.3 Å². The van der Waals surface area contributed by atoms with Gasteiger partial charge < -0.3 is 18.9 Å². The summed E-state index contributed by atoms with van der Waals surface area (Å²) in [6.45, 7) is 7.53. The number of halogens is 1. The van der Waals surface area contributed by atoms with Crippen LogP contribution >= 0.6 is 11.6 Å². The van der Waals surface area contributed by atoms with Gasteiger partial charge in [0.1, 0.15) is 5.75 Å². The first-order valence-corrected chi connectivity index (χ1v) is 13.0. The molecule has 0 radical (unpaired) electrons. The fraction of sp³-hybridized carbons (Fsp3) is 0.400. The van der Waals surface area contributed by atoms with Crippen molar-refractivity contribution in [2.24, 2.45) is 0 Å². The topological polar surface area (TPSA) is 66.9 Å². The summed E-state index contributed by atoms with van der Waals surface area (Å²) < 4.78 is 21.6. The van der Waals surface area contributed by atoms with Gasteiger partial charge in [-0.3, -0.25) is 4.79 Å². The summed E-state index contributed by atoms with van der Waals surface area (Å²) in [4.78, 5) is 17.2. The van der Waals surface area contributed by atoms with Crippen LogP contribution in [0.15, 0.2) is 36.5 Å². The highest BCUT2D eigenvalue weighted by atomic mass is 35.5. The molecule has 2 rings (SSSR count). The lowest BCUT2D eigenvalue weighted by molar-refractivity contribution is 0.0213. The first kappa shape index (κ1) is 22.4. The summed E-state index contributed by atoms with van der Waals surface area (Å²) >= 11 is 6.02. The summed E-state index contributed by atoms with van der Waals surface area (Å²) in [5.41, 5.74) is 0.505. The summed E-state index contributed by atoms with van der Waals surface area (Å²) in [7, 11) is 0.335. The summed E-state index contributed by atoms with van der Waals surface area (Å²) in [5, 5.41) is 0.455. The molecule has 0 aliphatic heterocycles. The molecule has 0 spiro atoms. The Morgan fingerprint density at radius 1 is 1.11 bits per heavy atom. The molecule has 6 nitrogen and oxygen atoms in total. The van der Waals surface area contributed by atoms with E-state index in [9.17, 15) is 4.79 Å². The average Bonchev–Trinajstić information content (AvgIpc) is 2.65. The normalized spacial score (nSPS) is 11.3. The predicted octanol–water partition coefficient (Wildman–Crippen LogP) is 4.64. The van der Waals surface area contributed by atoms with Crippen molar-refractivity contribution in [3.8, 4) is 11.5 Å². The van der Waals surface area contributed by atoms with Crippen LogP contribution in [0.2, 0.25) is 30.7 Å². The monoisotopic (exact) mass is 423 g/mol. The first-order chi connectivity index (χ1) is 13.3. The van der Waals surface area contributed by atoms with Gasteiger partial charge in [0, 0.05) is 33.0 Å². The fourth-order valence-electron chi connectivity index (χ4n) is 2.27. The number of methoxy groups -OCH3 is 1. The Hall–Kier alpha value is -1.93. The van der Waals surface area contributed by atoms with Crippen molar-refractivity contribution in [1.29, 1.82) is 0 Å². The number of carbonyl (C=O) groups is 1. The number of carbonyl (C=O) groups excluding carboxylic acids is 1. The minimum absolute atomic E-state index is 0.00285. The molecule has 0 amide bonds. The Labute approximate surface area is 171 Å². The van der Waals surface area contributed by atoms with Crippen LogP contribution in [0.1, 0.15) is 16.1 Å². The molecule has 0 aliphatic carbocycles. The van der Waals surface area contributed by atoms with Gasteiger partial charge in [-0.2, -0.15) is 0 Å². The molecule has 1 aromatic carbocycles. The lowest BCUT2D eigenvalue weighted by Crippen LogP contribution is -2.22. The number of hydrogen-bond acceptors (Lipinski definition) is 6. The minimum atomic E-state index is -1.16. The summed E-state index contributed by atoms with van der Waals surface area (Å²) in [6.07, 6.45) is 1.54. The molecule has 0 fully saturated rings. The number of ketones is 1. The Morgan fingerprint density at radius 3 is 2.57 bits per heavy atom. The zero-order chi connectivity index (χ0) is 20.6. The van der Waals surface area contributed by atoms with Crippen molar-refractivity contribution < 1.29 is 23.7 Å². The number of benzene rings is 1. The highest BCUT2D eigenvalue weighted by Crippen LogP contribution is 2.28. The Balaban J connectivity index is 2.12. The van der Waals surface area contributed by atoms with Crippen LogP contribution in [-0.2, 0) is 9.47 Å². The molecule has 2 aromatic rings. The third-order valence-corrected chi connectivity index (χ3v) is 5.74. The third-order valence-electron chi connectivity index (χ3n) is 3.80. The van der Waals surface area contributed by atoms with E-state index in [1.54, 1.807) is 30.3 Å². The van der Waals surface area contributed by atoms with E-state index >= 15 is 0 Å². The lowest BCUT2D eigenvalue weighted by Gasteiger charge is -2.16. The molecule has 0 atom stereocenters. The van der Waals surface area contributed by atoms with Gasteiger partial charge in [-0.05, 0) is 36.4 Å². The van der Waals surface area contributed by atoms with Gasteiger partial charge in [0.25, 0.3) is 0 Å². The fourth-order valence-corrected chi connectivity index (χ4v) is 3.19. The number of rotatable bonds is 11. The molecule has 28 heavy (non-hydrogen) atoms. The standard InChI is InChI=1S/C20H26ClNO5Si/c1-24-13-26-18-12-15(21)7-8-16(18)20(23)19-17(6-5-9-22-19)27-14-25-10-11-28(2,3)4/h5-9,12H,10-11,13-14H2,1-4H3. The largest absolute Gasteiger partial charge is 0.467 e. The second kappa shape index (κ2) is 10.6. The molecule has 152 valence electrons. The van der Waals surface area contributed by atoms with E-state index in [0.29, 0.717) is 28.7 Å². The second-order valence-corrected chi connectivity index (χ2v) is 13.4. The maximum atomic E-state index is 13.0. The number of aromatic nitrogens is 1. The lowest BCUT2D eigenvalue weighted by atomic mass is 10.1. The van der Waals surface area contributed by atoms with Crippen LogP contribution in [0, 0.1) is 0 Å². The molecule has 0 aliphatic rings. The molecule has 0 saturated carbocycles. The van der Waals surface area contributed by atoms with Crippen LogP contribution in [0.4, 0.5) is 0 Å². The highest BCUT2D eigenvalue weighted by molar-refractivity contribution is 6.76. The SMILES string of the molecule is COCOc1cc(Cl)ccc1C(=O)c1ncccc1OCOCC[Si](C)(C)C. The molecular formula is C20H26ClNO5Si. The van der Waals surface area contributed by atoms with Gasteiger partial charge in [0.2, 0.25) is 5.78 Å². The smallest absolute Gasteiger partial charge is 0.218 e. The van der Waals surface area contributed by atoms with Gasteiger partial charge in [0.15, 0.2) is 25.0 Å². The second-order valence-electron chi connectivity index (χ2n) is 7.35. The molecular weight excluding hydrogens is 398 g/mol. The van der Waals surface area contributed by atoms with E-state index in [1.807, 2.05) is 0 Å². The van der Waals surface area contributed by atoms with E-state index in [4.69, 9.17) is 30.5 Å². The average molecular weight is 424 g/mol. The van der Waals surface area contributed by atoms with Gasteiger partial charge in [0.05, 0.1) is 5.56 Å². The van der Waals surface area contributed by atoms with Crippen molar-refractivity contribution in [2.45, 2.75) is 25.7 Å². The van der Waals surface area contributed by atoms with Crippen molar-refractivity contribution in [1.82, 2.24) is 4.98 Å². The molecule has 0 N–H and O–H groups in total. The minimum Gasteiger partial charge on any atom is -0.467 e. The molecule has 0 unspecified atom stereocenters. The number of hydrogen-bond donors (Lipinski definition) is 0. The van der Waals surface area contributed by atoms with Crippen LogP contribution < -0.4 is 9.47 Å². The number of ether oxygens (including phenoxy) is 4. The van der Waals surface area contributed by atoms with Gasteiger partial charge in [-0.15, -0.1) is 0 Å². The Bertz CT molecular complexity index is 794. The zero-order valence-electron chi connectivity index (χ0n) is 16.7. The number of pyridine rings is 1. The highest BCUT2D eigenvalue weighted by Gasteiger charge is 2.21. The van der Waals surface area contributed by atoms with E-state index in [2.05, 4.69) is 24.6 Å². The van der Waals surface area contributed by atoms with Crippen LogP contribution in [-0.4, -0.2) is 46.1 Å². The van der Waals surface area contributed by atoms with E-state index in [-0.39, 0.29) is 25.1 Å². The molecule has 0 saturated heterocycles. The van der Waals surface area contributed by atoms with Gasteiger partial charge >= 0.3 is 0 Å². The van der Waals surface area contributed by atoms with Crippen LogP contribution in [0.5, 0.6) is 11.5 Å². The summed E-state index contributed by atoms with van der Waals surface area (Å²) in [6, 6.07) is 9.22. The zero-order valence-corrected chi connectivity index (χ0v) is 18.4. The van der Waals surface area contributed by atoms with Crippen molar-refractivity contribution in [3.63, 3.8) is 0 Å².